The maximum Gasteiger partial charge on any atom is 0.228 e. The lowest BCUT2D eigenvalue weighted by Gasteiger charge is -2.23. The summed E-state index contributed by atoms with van der Waals surface area (Å²) in [5.74, 6) is 0.364. The molecule has 3 rings (SSSR count). The molecule has 1 aromatic heterocycles. The van der Waals surface area contributed by atoms with Gasteiger partial charge in [-0.3, -0.25) is 9.48 Å². The quantitative estimate of drug-likeness (QED) is 0.868. The average molecular weight is 276 g/mol. The smallest absolute Gasteiger partial charge is 0.228 e. The highest BCUT2D eigenvalue weighted by Gasteiger charge is 2.57. The van der Waals surface area contributed by atoms with Gasteiger partial charge in [-0.25, -0.2) is 0 Å². The molecule has 1 saturated heterocycles. The van der Waals surface area contributed by atoms with Crippen molar-refractivity contribution in [2.75, 3.05) is 18.4 Å². The van der Waals surface area contributed by atoms with Gasteiger partial charge in [-0.1, -0.05) is 0 Å². The number of hydrogen-bond donors (Lipinski definition) is 2. The number of hydrogen-bond acceptors (Lipinski definition) is 3. The van der Waals surface area contributed by atoms with Crippen molar-refractivity contribution in [2.24, 2.45) is 11.3 Å². The van der Waals surface area contributed by atoms with Gasteiger partial charge in [0.2, 0.25) is 5.91 Å². The van der Waals surface area contributed by atoms with E-state index in [9.17, 15) is 4.79 Å². The van der Waals surface area contributed by atoms with Gasteiger partial charge in [-0.05, 0) is 58.5 Å². The second-order valence-corrected chi connectivity index (χ2v) is 7.20. The summed E-state index contributed by atoms with van der Waals surface area (Å²) >= 11 is 0. The first kappa shape index (κ1) is 13.6. The molecule has 1 atom stereocenters. The van der Waals surface area contributed by atoms with Crippen LogP contribution in [-0.4, -0.2) is 28.8 Å². The van der Waals surface area contributed by atoms with E-state index in [1.165, 1.54) is 0 Å². The Morgan fingerprint density at radius 1 is 1.45 bits per heavy atom. The topological polar surface area (TPSA) is 59.0 Å². The van der Waals surface area contributed by atoms with Crippen molar-refractivity contribution < 1.29 is 4.79 Å². The number of amides is 1. The van der Waals surface area contributed by atoms with E-state index >= 15 is 0 Å². The first-order chi connectivity index (χ1) is 9.41. The van der Waals surface area contributed by atoms with Crippen molar-refractivity contribution >= 4 is 11.6 Å². The predicted octanol–water partition coefficient (Wildman–Crippen LogP) is 1.97. The number of carbonyl (C=O) groups excluding carboxylic acids is 1. The highest BCUT2D eigenvalue weighted by atomic mass is 16.2. The summed E-state index contributed by atoms with van der Waals surface area (Å²) in [6.45, 7) is 8.38. The van der Waals surface area contributed by atoms with Crippen LogP contribution in [0.4, 0.5) is 5.69 Å². The SMILES string of the molecule is CC(C)(C)n1cc(NC(=O)C2CC23CCNCC3)cn1. The summed E-state index contributed by atoms with van der Waals surface area (Å²) in [5.41, 5.74) is 1.04. The zero-order chi connectivity index (χ0) is 14.4. The van der Waals surface area contributed by atoms with E-state index in [0.717, 1.165) is 38.0 Å². The van der Waals surface area contributed by atoms with Gasteiger partial charge in [-0.2, -0.15) is 5.10 Å². The fourth-order valence-electron chi connectivity index (χ4n) is 3.18. The predicted molar refractivity (Wildman–Crippen MR) is 78.5 cm³/mol. The van der Waals surface area contributed by atoms with E-state index in [0.29, 0.717) is 0 Å². The molecule has 1 saturated carbocycles. The molecule has 1 aliphatic heterocycles. The van der Waals surface area contributed by atoms with Crippen molar-refractivity contribution in [1.29, 1.82) is 0 Å². The van der Waals surface area contributed by atoms with Crippen LogP contribution in [0.5, 0.6) is 0 Å². The van der Waals surface area contributed by atoms with Crippen molar-refractivity contribution in [3.8, 4) is 0 Å². The Hall–Kier alpha value is -1.36. The average Bonchev–Trinajstić information content (AvgIpc) is 2.85. The lowest BCUT2D eigenvalue weighted by Crippen LogP contribution is -2.31. The lowest BCUT2D eigenvalue weighted by atomic mass is 9.92. The van der Waals surface area contributed by atoms with Gasteiger partial charge in [0.25, 0.3) is 0 Å². The Bertz CT molecular complexity index is 508. The normalized spacial score (nSPS) is 24.6. The molecular formula is C15H24N4O. The Kier molecular flexibility index (Phi) is 3.12. The molecule has 0 aromatic carbocycles. The first-order valence-corrected chi connectivity index (χ1v) is 7.47. The Labute approximate surface area is 120 Å². The fraction of sp³-hybridized carbons (Fsp3) is 0.733. The molecule has 1 spiro atoms. The minimum absolute atomic E-state index is 0.0567. The van der Waals surface area contributed by atoms with E-state index in [4.69, 9.17) is 0 Å². The number of carbonyl (C=O) groups is 1. The van der Waals surface area contributed by atoms with Gasteiger partial charge in [-0.15, -0.1) is 0 Å². The van der Waals surface area contributed by atoms with E-state index < -0.39 is 0 Å². The van der Waals surface area contributed by atoms with E-state index in [-0.39, 0.29) is 22.8 Å². The van der Waals surface area contributed by atoms with Crippen LogP contribution < -0.4 is 10.6 Å². The highest BCUT2D eigenvalue weighted by Crippen LogP contribution is 2.58. The number of aromatic nitrogens is 2. The Morgan fingerprint density at radius 3 is 2.75 bits per heavy atom. The van der Waals surface area contributed by atoms with Crippen molar-refractivity contribution in [3.63, 3.8) is 0 Å². The van der Waals surface area contributed by atoms with Crippen molar-refractivity contribution in [2.45, 2.75) is 45.6 Å². The zero-order valence-corrected chi connectivity index (χ0v) is 12.6. The third kappa shape index (κ3) is 2.46. The van der Waals surface area contributed by atoms with Gasteiger partial charge >= 0.3 is 0 Å². The fourth-order valence-corrected chi connectivity index (χ4v) is 3.18. The number of nitrogens with zero attached hydrogens (tertiary/aromatic N) is 2. The van der Waals surface area contributed by atoms with Gasteiger partial charge in [0.15, 0.2) is 0 Å². The van der Waals surface area contributed by atoms with Crippen molar-refractivity contribution in [3.05, 3.63) is 12.4 Å². The molecule has 2 heterocycles. The summed E-state index contributed by atoms with van der Waals surface area (Å²) in [5, 5.41) is 10.7. The standard InChI is InChI=1S/C15H24N4O/c1-14(2,3)19-10-11(9-17-19)18-13(20)12-8-15(12)4-6-16-7-5-15/h9-10,12,16H,4-8H2,1-3H3,(H,18,20). The molecule has 5 nitrogen and oxygen atoms in total. The van der Waals surface area contributed by atoms with Crippen molar-refractivity contribution in [1.82, 2.24) is 15.1 Å². The summed E-state index contributed by atoms with van der Waals surface area (Å²) in [6, 6.07) is 0. The molecule has 1 amide bonds. The maximum absolute atomic E-state index is 12.3. The van der Waals surface area contributed by atoms with Crippen LogP contribution in [0.2, 0.25) is 0 Å². The van der Waals surface area contributed by atoms with E-state index in [2.05, 4.69) is 36.5 Å². The van der Waals surface area contributed by atoms with Crippen LogP contribution in [0, 0.1) is 11.3 Å². The largest absolute Gasteiger partial charge is 0.323 e. The molecule has 2 N–H and O–H groups in total. The second-order valence-electron chi connectivity index (χ2n) is 7.20. The lowest BCUT2D eigenvalue weighted by molar-refractivity contribution is -0.118. The summed E-state index contributed by atoms with van der Waals surface area (Å²) in [6.07, 6.45) is 6.96. The summed E-state index contributed by atoms with van der Waals surface area (Å²) in [4.78, 5) is 12.3. The minimum atomic E-state index is -0.0567. The van der Waals surface area contributed by atoms with Gasteiger partial charge in [0, 0.05) is 12.1 Å². The first-order valence-electron chi connectivity index (χ1n) is 7.47. The molecule has 1 unspecified atom stereocenters. The van der Waals surface area contributed by atoms with Crippen LogP contribution in [0.1, 0.15) is 40.0 Å². The van der Waals surface area contributed by atoms with E-state index in [1.807, 2.05) is 10.9 Å². The Morgan fingerprint density at radius 2 is 2.15 bits per heavy atom. The number of anilines is 1. The molecule has 2 fully saturated rings. The molecule has 5 heteroatoms. The Balaban J connectivity index is 1.61. The third-order valence-corrected chi connectivity index (χ3v) is 4.64. The van der Waals surface area contributed by atoms with Crippen LogP contribution >= 0.6 is 0 Å². The second kappa shape index (κ2) is 4.58. The van der Waals surface area contributed by atoms with Crippen LogP contribution in [0.25, 0.3) is 0 Å². The number of rotatable bonds is 2. The van der Waals surface area contributed by atoms with Gasteiger partial charge < -0.3 is 10.6 Å². The summed E-state index contributed by atoms with van der Waals surface area (Å²) in [7, 11) is 0. The van der Waals surface area contributed by atoms with Crippen LogP contribution in [-0.2, 0) is 10.3 Å². The number of nitrogens with one attached hydrogen (secondary N) is 2. The zero-order valence-electron chi connectivity index (χ0n) is 12.6. The van der Waals surface area contributed by atoms with Crippen LogP contribution in [0.15, 0.2) is 12.4 Å². The maximum atomic E-state index is 12.3. The molecule has 20 heavy (non-hydrogen) atoms. The molecule has 2 aliphatic rings. The van der Waals surface area contributed by atoms with Gasteiger partial charge in [0.05, 0.1) is 17.4 Å². The van der Waals surface area contributed by atoms with Crippen LogP contribution in [0.3, 0.4) is 0 Å². The summed E-state index contributed by atoms with van der Waals surface area (Å²) < 4.78 is 1.88. The molecule has 1 aliphatic carbocycles. The molecular weight excluding hydrogens is 252 g/mol. The molecule has 1 aromatic rings. The monoisotopic (exact) mass is 276 g/mol. The molecule has 0 radical (unpaired) electrons. The molecule has 110 valence electrons. The number of piperidine rings is 1. The molecule has 0 bridgehead atoms. The van der Waals surface area contributed by atoms with E-state index in [1.54, 1.807) is 6.20 Å². The van der Waals surface area contributed by atoms with Gasteiger partial charge in [0.1, 0.15) is 0 Å². The highest BCUT2D eigenvalue weighted by molar-refractivity contribution is 5.94. The minimum Gasteiger partial charge on any atom is -0.323 e. The third-order valence-electron chi connectivity index (χ3n) is 4.64.